The van der Waals surface area contributed by atoms with E-state index in [1.165, 1.54) is 0 Å². The number of hydrogen-bond donors (Lipinski definition) is 3. The predicted octanol–water partition coefficient (Wildman–Crippen LogP) is 0.793. The summed E-state index contributed by atoms with van der Waals surface area (Å²) in [6, 6.07) is 3.89. The van der Waals surface area contributed by atoms with Crippen LogP contribution in [0.25, 0.3) is 22.6 Å². The van der Waals surface area contributed by atoms with Crippen LogP contribution < -0.4 is 17.0 Å². The third kappa shape index (κ3) is 4.34. The summed E-state index contributed by atoms with van der Waals surface area (Å²) in [5, 5.41) is 7.12. The van der Waals surface area contributed by atoms with Crippen molar-refractivity contribution in [3.05, 3.63) is 44.1 Å². The molecule has 0 saturated heterocycles. The number of aromatic nitrogens is 4. The van der Waals surface area contributed by atoms with E-state index >= 15 is 0 Å². The molecule has 3 rings (SSSR count). The molecule has 0 saturated carbocycles. The summed E-state index contributed by atoms with van der Waals surface area (Å²) in [4.78, 5) is 42.7. The van der Waals surface area contributed by atoms with Crippen LogP contribution in [0.1, 0.15) is 11.1 Å². The lowest BCUT2D eigenvalue weighted by Crippen LogP contribution is -2.29. The van der Waals surface area contributed by atoms with Gasteiger partial charge in [0.2, 0.25) is 0 Å². The first-order chi connectivity index (χ1) is 13.0. The number of aryl methyl sites for hydroxylation is 2. The number of carboxylic acids is 1. The maximum absolute atomic E-state index is 11.9. The highest BCUT2D eigenvalue weighted by molar-refractivity contribution is 5.81. The van der Waals surface area contributed by atoms with Crippen LogP contribution in [0, 0.1) is 13.8 Å². The molecule has 9 nitrogen and oxygen atoms in total. The summed E-state index contributed by atoms with van der Waals surface area (Å²) in [7, 11) is 0. The molecule has 2 aliphatic heterocycles. The number of carboxylic acid groups (broad SMARTS) is 1. The number of nitrogens with zero attached hydrogens (tertiary/aromatic N) is 3. The van der Waals surface area contributed by atoms with Gasteiger partial charge >= 0.3 is 17.8 Å². The molecule has 1 aromatic carbocycles. The molecule has 0 aliphatic carbocycles. The summed E-state index contributed by atoms with van der Waals surface area (Å²) < 4.78 is 33.5. The zero-order valence-electron chi connectivity index (χ0n) is 14.8. The van der Waals surface area contributed by atoms with E-state index in [9.17, 15) is 22.8 Å². The summed E-state index contributed by atoms with van der Waals surface area (Å²) in [6.07, 6.45) is -5.08. The zero-order valence-corrected chi connectivity index (χ0v) is 14.8. The number of fused-ring (bicyclic) bond motifs is 2. The average molecular weight is 399 g/mol. The van der Waals surface area contributed by atoms with Gasteiger partial charge in [-0.05, 0) is 37.1 Å². The molecule has 1 aromatic rings. The first-order valence-corrected chi connectivity index (χ1v) is 7.87. The van der Waals surface area contributed by atoms with Crippen LogP contribution in [0.5, 0.6) is 0 Å². The number of alkyl halides is 3. The number of benzene rings is 1. The third-order valence-electron chi connectivity index (χ3n) is 3.82. The van der Waals surface area contributed by atoms with Gasteiger partial charge in [0.25, 0.3) is 5.56 Å². The summed E-state index contributed by atoms with van der Waals surface area (Å²) >= 11 is 0. The van der Waals surface area contributed by atoms with Gasteiger partial charge in [0.15, 0.2) is 11.5 Å². The highest BCUT2D eigenvalue weighted by Gasteiger charge is 2.38. The van der Waals surface area contributed by atoms with Crippen LogP contribution in [0.4, 0.5) is 13.2 Å². The Morgan fingerprint density at radius 3 is 2.32 bits per heavy atom. The maximum Gasteiger partial charge on any atom is 0.490 e. The predicted molar refractivity (Wildman–Crippen MR) is 93.3 cm³/mol. The third-order valence-corrected chi connectivity index (χ3v) is 3.82. The fraction of sp³-hybridized carbons (Fsp3) is 0.312. The van der Waals surface area contributed by atoms with Crippen molar-refractivity contribution in [2.24, 2.45) is 5.73 Å². The van der Waals surface area contributed by atoms with Gasteiger partial charge in [-0.2, -0.15) is 18.2 Å². The summed E-state index contributed by atoms with van der Waals surface area (Å²) in [5.74, 6) is -2.49. The molecule has 0 atom stereocenters. The molecule has 0 radical (unpaired) electrons. The number of nitrogens with two attached hydrogens (primary N) is 1. The van der Waals surface area contributed by atoms with Crippen LogP contribution in [0.3, 0.4) is 0 Å². The van der Waals surface area contributed by atoms with E-state index in [1.54, 1.807) is 4.57 Å². The number of hydrogen-bond acceptors (Lipinski definition) is 6. The standard InChI is InChI=1S/C14H15N5O2.C2HF3O2/c1-7-5-9-10(6-8(7)2)19(4-3-15)12-11(16-9)13(20)18-14(21)17-12;3-2(4,5)1(6)7/h5-6H,3-4,15H2,1-2H3,(H,18,20,21);(H,6,7). The van der Waals surface area contributed by atoms with Crippen molar-refractivity contribution in [2.75, 3.05) is 6.54 Å². The van der Waals surface area contributed by atoms with Gasteiger partial charge < -0.3 is 15.4 Å². The lowest BCUT2D eigenvalue weighted by atomic mass is 10.1. The summed E-state index contributed by atoms with van der Waals surface area (Å²) in [6.45, 7) is 4.80. The number of aliphatic carboxylic acids is 1. The Bertz CT molecular complexity index is 1120. The molecule has 2 aliphatic rings. The number of H-pyrrole nitrogens is 1. The normalized spacial score (nSPS) is 11.4. The molecule has 4 N–H and O–H groups in total. The first kappa shape index (κ1) is 21.0. The van der Waals surface area contributed by atoms with Gasteiger partial charge in [-0.3, -0.25) is 9.78 Å². The van der Waals surface area contributed by atoms with Crippen LogP contribution in [-0.2, 0) is 11.3 Å². The van der Waals surface area contributed by atoms with Crippen molar-refractivity contribution >= 4 is 17.0 Å². The molecule has 0 amide bonds. The number of carbonyl (C=O) groups is 1. The van der Waals surface area contributed by atoms with Crippen LogP contribution >= 0.6 is 0 Å². The number of aromatic amines is 1. The van der Waals surface area contributed by atoms with Gasteiger partial charge in [-0.15, -0.1) is 0 Å². The first-order valence-electron chi connectivity index (χ1n) is 7.87. The van der Waals surface area contributed by atoms with E-state index in [0.717, 1.165) is 16.6 Å². The molecule has 0 fully saturated rings. The quantitative estimate of drug-likeness (QED) is 0.541. The van der Waals surface area contributed by atoms with Crippen molar-refractivity contribution in [3.63, 3.8) is 0 Å². The Morgan fingerprint density at radius 1 is 1.21 bits per heavy atom. The maximum atomic E-state index is 11.9. The minimum atomic E-state index is -5.08. The van der Waals surface area contributed by atoms with Gasteiger partial charge in [0.1, 0.15) is 0 Å². The Morgan fingerprint density at radius 2 is 1.79 bits per heavy atom. The highest BCUT2D eigenvalue weighted by atomic mass is 19.4. The Kier molecular flexibility index (Phi) is 5.83. The van der Waals surface area contributed by atoms with Crippen molar-refractivity contribution in [2.45, 2.75) is 26.6 Å². The minimum absolute atomic E-state index is 0.152. The van der Waals surface area contributed by atoms with Crippen molar-refractivity contribution in [1.29, 1.82) is 0 Å². The zero-order chi connectivity index (χ0) is 21.2. The lowest BCUT2D eigenvalue weighted by Gasteiger charge is -2.16. The number of halogens is 3. The van der Waals surface area contributed by atoms with E-state index in [-0.39, 0.29) is 11.5 Å². The van der Waals surface area contributed by atoms with Crippen molar-refractivity contribution in [1.82, 2.24) is 19.5 Å². The Hall–Kier alpha value is -3.28. The highest BCUT2D eigenvalue weighted by Crippen LogP contribution is 2.23. The Balaban J connectivity index is 0.000000345. The molecule has 12 heteroatoms. The molecular formula is C16H16F3N5O4. The molecular weight excluding hydrogens is 383 g/mol. The van der Waals surface area contributed by atoms with E-state index in [1.807, 2.05) is 26.0 Å². The van der Waals surface area contributed by atoms with Gasteiger partial charge in [0.05, 0.1) is 11.0 Å². The van der Waals surface area contributed by atoms with Crippen molar-refractivity contribution < 1.29 is 23.1 Å². The molecule has 2 heterocycles. The van der Waals surface area contributed by atoms with Gasteiger partial charge in [0, 0.05) is 13.1 Å². The van der Waals surface area contributed by atoms with E-state index in [2.05, 4.69) is 15.0 Å². The molecule has 0 spiro atoms. The molecule has 0 unspecified atom stereocenters. The average Bonchev–Trinajstić information content (AvgIpc) is 2.57. The fourth-order valence-corrected chi connectivity index (χ4v) is 2.41. The second-order valence-electron chi connectivity index (χ2n) is 5.82. The minimum Gasteiger partial charge on any atom is -0.475 e. The van der Waals surface area contributed by atoms with E-state index < -0.39 is 23.4 Å². The monoisotopic (exact) mass is 399 g/mol. The molecule has 0 bridgehead atoms. The number of nitrogens with one attached hydrogen (secondary N) is 1. The molecule has 28 heavy (non-hydrogen) atoms. The summed E-state index contributed by atoms with van der Waals surface area (Å²) in [5.41, 5.74) is 8.28. The SMILES string of the molecule is Cc1cc2nc3c(=O)[nH]c(=O)nc-3n(CCN)c2cc1C.O=C(O)C(F)(F)F. The Labute approximate surface area is 155 Å². The van der Waals surface area contributed by atoms with E-state index in [0.29, 0.717) is 18.6 Å². The molecule has 0 aromatic heterocycles. The smallest absolute Gasteiger partial charge is 0.475 e. The second-order valence-corrected chi connectivity index (χ2v) is 5.82. The topological polar surface area (TPSA) is 144 Å². The fourth-order valence-electron chi connectivity index (χ4n) is 2.41. The second kappa shape index (κ2) is 7.76. The van der Waals surface area contributed by atoms with Gasteiger partial charge in [-0.25, -0.2) is 14.6 Å². The van der Waals surface area contributed by atoms with Crippen LogP contribution in [-0.4, -0.2) is 43.3 Å². The van der Waals surface area contributed by atoms with Crippen molar-refractivity contribution in [3.8, 4) is 11.5 Å². The van der Waals surface area contributed by atoms with Gasteiger partial charge in [-0.1, -0.05) is 0 Å². The largest absolute Gasteiger partial charge is 0.490 e. The van der Waals surface area contributed by atoms with E-state index in [4.69, 9.17) is 15.6 Å². The van der Waals surface area contributed by atoms with Crippen LogP contribution in [0.15, 0.2) is 21.7 Å². The van der Waals surface area contributed by atoms with Crippen LogP contribution in [0.2, 0.25) is 0 Å². The molecule has 150 valence electrons. The number of rotatable bonds is 2. The lowest BCUT2D eigenvalue weighted by molar-refractivity contribution is -0.192.